The number of hydrogen-bond donors (Lipinski definition) is 1. The van der Waals surface area contributed by atoms with Crippen LogP contribution in [-0.4, -0.2) is 21.5 Å². The molecule has 1 atom stereocenters. The Morgan fingerprint density at radius 2 is 2.54 bits per heavy atom. The molecule has 0 aliphatic rings. The summed E-state index contributed by atoms with van der Waals surface area (Å²) in [5.41, 5.74) is 0.992. The fourth-order valence-electron chi connectivity index (χ4n) is 1.21. The molecule has 0 fully saturated rings. The minimum Gasteiger partial charge on any atom is -0.305 e. The van der Waals surface area contributed by atoms with Crippen LogP contribution < -0.4 is 5.32 Å². The van der Waals surface area contributed by atoms with E-state index in [1.165, 1.54) is 0 Å². The van der Waals surface area contributed by atoms with Gasteiger partial charge in [0, 0.05) is 19.8 Å². The molecule has 0 saturated carbocycles. The van der Waals surface area contributed by atoms with E-state index >= 15 is 0 Å². The first-order valence-electron chi connectivity index (χ1n) is 4.48. The van der Waals surface area contributed by atoms with Gasteiger partial charge in [-0.1, -0.05) is 18.2 Å². The van der Waals surface area contributed by atoms with E-state index in [1.54, 1.807) is 4.68 Å². The van der Waals surface area contributed by atoms with Gasteiger partial charge in [-0.15, -0.1) is 11.7 Å². The molecule has 0 radical (unpaired) electrons. The summed E-state index contributed by atoms with van der Waals surface area (Å²) in [4.78, 5) is 0. The van der Waals surface area contributed by atoms with E-state index < -0.39 is 0 Å². The van der Waals surface area contributed by atoms with Crippen LogP contribution in [0.3, 0.4) is 0 Å². The van der Waals surface area contributed by atoms with Crippen LogP contribution in [0.25, 0.3) is 0 Å². The fraction of sp³-hybridized carbons (Fsp3) is 0.556. The Labute approximate surface area is 78.6 Å². The van der Waals surface area contributed by atoms with Crippen LogP contribution in [0.5, 0.6) is 0 Å². The van der Waals surface area contributed by atoms with E-state index in [1.807, 2.05) is 19.3 Å². The maximum absolute atomic E-state index is 4.06. The van der Waals surface area contributed by atoms with Crippen molar-refractivity contribution in [3.63, 3.8) is 0 Å². The van der Waals surface area contributed by atoms with Gasteiger partial charge in [-0.05, 0) is 6.42 Å². The standard InChI is InChI=1S/C9H16N4/c1-4-6-10-8(5-2)9-7-13(3)12-11-9/h4,7-8,10H,1,5-6H2,2-3H3/t8-/m0/s1. The Kier molecular flexibility index (Phi) is 3.64. The maximum atomic E-state index is 4.06. The van der Waals surface area contributed by atoms with Gasteiger partial charge in [0.05, 0.1) is 11.7 Å². The van der Waals surface area contributed by atoms with Crippen molar-refractivity contribution < 1.29 is 0 Å². The lowest BCUT2D eigenvalue weighted by Crippen LogP contribution is -2.20. The SMILES string of the molecule is C=CCN[C@@H](CC)c1cn(C)nn1. The van der Waals surface area contributed by atoms with Crippen LogP contribution in [-0.2, 0) is 7.05 Å². The van der Waals surface area contributed by atoms with Gasteiger partial charge < -0.3 is 5.32 Å². The monoisotopic (exact) mass is 180 g/mol. The third-order valence-electron chi connectivity index (χ3n) is 1.89. The third kappa shape index (κ3) is 2.66. The van der Waals surface area contributed by atoms with Crippen LogP contribution in [0.1, 0.15) is 25.1 Å². The van der Waals surface area contributed by atoms with Crippen molar-refractivity contribution >= 4 is 0 Å². The number of nitrogens with one attached hydrogen (secondary N) is 1. The van der Waals surface area contributed by atoms with Crippen molar-refractivity contribution in [2.75, 3.05) is 6.54 Å². The molecule has 0 aromatic carbocycles. The lowest BCUT2D eigenvalue weighted by molar-refractivity contribution is 0.536. The molecular weight excluding hydrogens is 164 g/mol. The number of rotatable bonds is 5. The number of hydrogen-bond acceptors (Lipinski definition) is 3. The zero-order valence-corrected chi connectivity index (χ0v) is 8.20. The van der Waals surface area contributed by atoms with E-state index in [0.29, 0.717) is 0 Å². The van der Waals surface area contributed by atoms with Crippen LogP contribution >= 0.6 is 0 Å². The second kappa shape index (κ2) is 4.77. The van der Waals surface area contributed by atoms with Crippen molar-refractivity contribution in [2.45, 2.75) is 19.4 Å². The average Bonchev–Trinajstić information content (AvgIpc) is 2.54. The zero-order valence-electron chi connectivity index (χ0n) is 8.20. The van der Waals surface area contributed by atoms with E-state index in [4.69, 9.17) is 0 Å². The number of aromatic nitrogens is 3. The Morgan fingerprint density at radius 1 is 1.77 bits per heavy atom. The summed E-state index contributed by atoms with van der Waals surface area (Å²) in [5, 5.41) is 11.3. The van der Waals surface area contributed by atoms with E-state index in [0.717, 1.165) is 18.7 Å². The van der Waals surface area contributed by atoms with Crippen molar-refractivity contribution in [2.24, 2.45) is 7.05 Å². The number of aryl methyl sites for hydroxylation is 1. The van der Waals surface area contributed by atoms with Crippen molar-refractivity contribution in [1.29, 1.82) is 0 Å². The predicted molar refractivity (Wildman–Crippen MR) is 52.2 cm³/mol. The first-order chi connectivity index (χ1) is 6.27. The molecule has 4 nitrogen and oxygen atoms in total. The van der Waals surface area contributed by atoms with E-state index in [2.05, 4.69) is 29.1 Å². The summed E-state index contributed by atoms with van der Waals surface area (Å²) in [5.74, 6) is 0. The van der Waals surface area contributed by atoms with Crippen LogP contribution in [0.15, 0.2) is 18.9 Å². The Hall–Kier alpha value is -1.16. The quantitative estimate of drug-likeness (QED) is 0.688. The van der Waals surface area contributed by atoms with Gasteiger partial charge in [-0.25, -0.2) is 0 Å². The summed E-state index contributed by atoms with van der Waals surface area (Å²) in [6.07, 6.45) is 4.79. The molecule has 0 bridgehead atoms. The summed E-state index contributed by atoms with van der Waals surface area (Å²) in [6.45, 7) is 6.58. The molecule has 1 aromatic heterocycles. The van der Waals surface area contributed by atoms with Crippen molar-refractivity contribution in [3.8, 4) is 0 Å². The molecule has 0 aliphatic heterocycles. The highest BCUT2D eigenvalue weighted by molar-refractivity contribution is 5.00. The molecule has 72 valence electrons. The van der Waals surface area contributed by atoms with E-state index in [9.17, 15) is 0 Å². The van der Waals surface area contributed by atoms with Gasteiger partial charge >= 0.3 is 0 Å². The molecule has 13 heavy (non-hydrogen) atoms. The first kappa shape index (κ1) is 9.92. The fourth-order valence-corrected chi connectivity index (χ4v) is 1.21. The molecule has 0 unspecified atom stereocenters. The van der Waals surface area contributed by atoms with Crippen molar-refractivity contribution in [3.05, 3.63) is 24.5 Å². The topological polar surface area (TPSA) is 42.7 Å². The minimum atomic E-state index is 0.284. The molecule has 0 amide bonds. The highest BCUT2D eigenvalue weighted by Gasteiger charge is 2.10. The van der Waals surface area contributed by atoms with Crippen LogP contribution in [0.4, 0.5) is 0 Å². The molecule has 1 rings (SSSR count). The minimum absolute atomic E-state index is 0.284. The van der Waals surface area contributed by atoms with Gasteiger partial charge in [0.1, 0.15) is 0 Å². The molecule has 1 aromatic rings. The molecule has 0 spiro atoms. The second-order valence-corrected chi connectivity index (χ2v) is 2.97. The van der Waals surface area contributed by atoms with Gasteiger partial charge in [0.25, 0.3) is 0 Å². The highest BCUT2D eigenvalue weighted by atomic mass is 15.4. The lowest BCUT2D eigenvalue weighted by Gasteiger charge is -2.11. The van der Waals surface area contributed by atoms with Gasteiger partial charge in [-0.2, -0.15) is 0 Å². The predicted octanol–water partition coefficient (Wildman–Crippen LogP) is 1.04. The summed E-state index contributed by atoms with van der Waals surface area (Å²) in [6, 6.07) is 0.284. The average molecular weight is 180 g/mol. The Morgan fingerprint density at radius 3 is 3.00 bits per heavy atom. The van der Waals surface area contributed by atoms with Gasteiger partial charge in [0.15, 0.2) is 0 Å². The van der Waals surface area contributed by atoms with Gasteiger partial charge in [0.2, 0.25) is 0 Å². The Bertz CT molecular complexity index is 266. The molecule has 1 N–H and O–H groups in total. The van der Waals surface area contributed by atoms with Crippen LogP contribution in [0.2, 0.25) is 0 Å². The second-order valence-electron chi connectivity index (χ2n) is 2.97. The maximum Gasteiger partial charge on any atom is 0.0996 e. The van der Waals surface area contributed by atoms with Crippen LogP contribution in [0, 0.1) is 0 Å². The zero-order chi connectivity index (χ0) is 9.68. The molecule has 1 heterocycles. The summed E-state index contributed by atoms with van der Waals surface area (Å²) in [7, 11) is 1.87. The molecular formula is C9H16N4. The molecule has 0 aliphatic carbocycles. The largest absolute Gasteiger partial charge is 0.305 e. The molecule has 0 saturated heterocycles. The van der Waals surface area contributed by atoms with E-state index in [-0.39, 0.29) is 6.04 Å². The summed E-state index contributed by atoms with van der Waals surface area (Å²) >= 11 is 0. The molecule has 4 heteroatoms. The Balaban J connectivity index is 2.60. The third-order valence-corrected chi connectivity index (χ3v) is 1.89. The lowest BCUT2D eigenvalue weighted by atomic mass is 10.2. The first-order valence-corrected chi connectivity index (χ1v) is 4.48. The highest BCUT2D eigenvalue weighted by Crippen LogP contribution is 2.11. The smallest absolute Gasteiger partial charge is 0.0996 e. The normalized spacial score (nSPS) is 12.8. The summed E-state index contributed by atoms with van der Waals surface area (Å²) < 4.78 is 1.72. The van der Waals surface area contributed by atoms with Gasteiger partial charge in [-0.3, -0.25) is 4.68 Å². The number of nitrogens with zero attached hydrogens (tertiary/aromatic N) is 3. The van der Waals surface area contributed by atoms with Crippen molar-refractivity contribution in [1.82, 2.24) is 20.3 Å².